The third-order valence-electron chi connectivity index (χ3n) is 3.05. The molecule has 0 radical (unpaired) electrons. The van der Waals surface area contributed by atoms with Crippen LogP contribution in [0, 0.1) is 0 Å². The molecule has 2 N–H and O–H groups in total. The number of halogens is 3. The highest BCUT2D eigenvalue weighted by Gasteiger charge is 2.30. The lowest BCUT2D eigenvalue weighted by atomic mass is 10.2. The zero-order chi connectivity index (χ0) is 18.7. The van der Waals surface area contributed by atoms with Crippen LogP contribution in [0.25, 0.3) is 6.08 Å². The van der Waals surface area contributed by atoms with E-state index in [1.807, 2.05) is 0 Å². The molecule has 0 spiro atoms. The molecule has 0 saturated carbocycles. The van der Waals surface area contributed by atoms with Gasteiger partial charge < -0.3 is 5.11 Å². The van der Waals surface area contributed by atoms with Crippen molar-refractivity contribution in [1.29, 1.82) is 0 Å². The van der Waals surface area contributed by atoms with Crippen molar-refractivity contribution in [3.63, 3.8) is 0 Å². The smallest absolute Gasteiger partial charge is 0.416 e. The minimum atomic E-state index is -4.58. The maximum atomic E-state index is 12.7. The average Bonchev–Trinajstić information content (AvgIpc) is 2.52. The minimum absolute atomic E-state index is 0.169. The molecule has 2 aromatic rings. The SMILES string of the molecule is O=C(O)C=Cc1ccc(S(=O)(=O)Nc2cccc(C(F)(F)F)c2)cc1. The van der Waals surface area contributed by atoms with E-state index in [1.165, 1.54) is 36.4 Å². The van der Waals surface area contributed by atoms with E-state index >= 15 is 0 Å². The molecule has 0 atom stereocenters. The summed E-state index contributed by atoms with van der Waals surface area (Å²) < 4.78 is 64.6. The highest BCUT2D eigenvalue weighted by Crippen LogP contribution is 2.31. The Morgan fingerprint density at radius 1 is 1.08 bits per heavy atom. The number of alkyl halides is 3. The van der Waals surface area contributed by atoms with Crippen LogP contribution in [-0.2, 0) is 21.0 Å². The summed E-state index contributed by atoms with van der Waals surface area (Å²) >= 11 is 0. The van der Waals surface area contributed by atoms with Crippen molar-refractivity contribution in [3.8, 4) is 0 Å². The number of rotatable bonds is 5. The maximum absolute atomic E-state index is 12.7. The van der Waals surface area contributed by atoms with Gasteiger partial charge >= 0.3 is 12.1 Å². The second-order valence-electron chi connectivity index (χ2n) is 4.92. The summed E-state index contributed by atoms with van der Waals surface area (Å²) in [5.41, 5.74) is -0.730. The van der Waals surface area contributed by atoms with Crippen molar-refractivity contribution < 1.29 is 31.5 Å². The van der Waals surface area contributed by atoms with Crippen molar-refractivity contribution >= 4 is 27.8 Å². The lowest BCUT2D eigenvalue weighted by molar-refractivity contribution is -0.137. The van der Waals surface area contributed by atoms with Crippen LogP contribution in [0.15, 0.2) is 59.5 Å². The molecule has 0 aliphatic rings. The van der Waals surface area contributed by atoms with Crippen LogP contribution < -0.4 is 4.72 Å². The van der Waals surface area contributed by atoms with Gasteiger partial charge in [-0.25, -0.2) is 13.2 Å². The van der Waals surface area contributed by atoms with Crippen molar-refractivity contribution in [3.05, 3.63) is 65.7 Å². The van der Waals surface area contributed by atoms with Gasteiger partial charge in [-0.3, -0.25) is 4.72 Å². The summed E-state index contributed by atoms with van der Waals surface area (Å²) in [6.07, 6.45) is -2.41. The molecule has 0 fully saturated rings. The van der Waals surface area contributed by atoms with E-state index in [9.17, 15) is 26.4 Å². The fourth-order valence-electron chi connectivity index (χ4n) is 1.90. The Hall–Kier alpha value is -2.81. The number of nitrogens with one attached hydrogen (secondary N) is 1. The zero-order valence-corrected chi connectivity index (χ0v) is 13.3. The summed E-state index contributed by atoms with van der Waals surface area (Å²) in [6, 6.07) is 9.02. The Labute approximate surface area is 141 Å². The van der Waals surface area contributed by atoms with Gasteiger partial charge in [-0.2, -0.15) is 13.2 Å². The Morgan fingerprint density at radius 2 is 1.72 bits per heavy atom. The summed E-state index contributed by atoms with van der Waals surface area (Å²) in [4.78, 5) is 10.3. The number of aliphatic carboxylic acids is 1. The number of carboxylic acid groups (broad SMARTS) is 1. The summed E-state index contributed by atoms with van der Waals surface area (Å²) in [6.45, 7) is 0. The van der Waals surface area contributed by atoms with E-state index in [0.717, 1.165) is 18.2 Å². The van der Waals surface area contributed by atoms with Gasteiger partial charge in [-0.1, -0.05) is 18.2 Å². The maximum Gasteiger partial charge on any atom is 0.416 e. The first kappa shape index (κ1) is 18.5. The summed E-state index contributed by atoms with van der Waals surface area (Å²) in [5, 5.41) is 8.53. The molecular formula is C16H12F3NO4S. The number of hydrogen-bond donors (Lipinski definition) is 2. The van der Waals surface area contributed by atoms with Crippen LogP contribution in [0.1, 0.15) is 11.1 Å². The first-order valence-corrected chi connectivity index (χ1v) is 8.27. The molecule has 0 bridgehead atoms. The van der Waals surface area contributed by atoms with Crippen LogP contribution in [0.2, 0.25) is 0 Å². The number of benzene rings is 2. The molecule has 0 amide bonds. The highest BCUT2D eigenvalue weighted by molar-refractivity contribution is 7.92. The predicted octanol–water partition coefficient (Wildman–Crippen LogP) is 3.60. The van der Waals surface area contributed by atoms with Crippen LogP contribution in [0.5, 0.6) is 0 Å². The third-order valence-corrected chi connectivity index (χ3v) is 4.45. The van der Waals surface area contributed by atoms with Crippen LogP contribution in [0.3, 0.4) is 0 Å². The molecule has 2 aromatic carbocycles. The van der Waals surface area contributed by atoms with Crippen LogP contribution in [0.4, 0.5) is 18.9 Å². The quantitative estimate of drug-likeness (QED) is 0.787. The lowest BCUT2D eigenvalue weighted by Gasteiger charge is -2.11. The van der Waals surface area contributed by atoms with E-state index in [4.69, 9.17) is 5.11 Å². The van der Waals surface area contributed by atoms with Gasteiger partial charge in [0, 0.05) is 11.8 Å². The monoisotopic (exact) mass is 371 g/mol. The van der Waals surface area contributed by atoms with Crippen molar-refractivity contribution in [2.24, 2.45) is 0 Å². The van der Waals surface area contributed by atoms with Crippen LogP contribution in [-0.4, -0.2) is 19.5 Å². The molecule has 132 valence electrons. The molecule has 5 nitrogen and oxygen atoms in total. The number of sulfonamides is 1. The third kappa shape index (κ3) is 5.08. The van der Waals surface area contributed by atoms with Crippen molar-refractivity contribution in [2.75, 3.05) is 4.72 Å². The van der Waals surface area contributed by atoms with E-state index in [-0.39, 0.29) is 10.6 Å². The highest BCUT2D eigenvalue weighted by atomic mass is 32.2. The number of carboxylic acids is 1. The predicted molar refractivity (Wildman–Crippen MR) is 85.4 cm³/mol. The first-order chi connectivity index (χ1) is 11.6. The topological polar surface area (TPSA) is 83.5 Å². The Bertz CT molecular complexity index is 904. The average molecular weight is 371 g/mol. The Balaban J connectivity index is 2.23. The summed E-state index contributed by atoms with van der Waals surface area (Å²) in [5.74, 6) is -1.15. The molecule has 2 rings (SSSR count). The van der Waals surface area contributed by atoms with E-state index in [0.29, 0.717) is 11.6 Å². The number of anilines is 1. The molecule has 0 heterocycles. The largest absolute Gasteiger partial charge is 0.478 e. The van der Waals surface area contributed by atoms with Gasteiger partial charge in [0.25, 0.3) is 10.0 Å². The fraction of sp³-hybridized carbons (Fsp3) is 0.0625. The standard InChI is InChI=1S/C16H12F3NO4S/c17-16(18,19)12-2-1-3-13(10-12)20-25(23,24)14-7-4-11(5-8-14)6-9-15(21)22/h1-10,20H,(H,21,22). The zero-order valence-electron chi connectivity index (χ0n) is 12.5. The molecule has 0 aliphatic heterocycles. The van der Waals surface area contributed by atoms with Crippen LogP contribution >= 0.6 is 0 Å². The van der Waals surface area contributed by atoms with Crippen molar-refractivity contribution in [2.45, 2.75) is 11.1 Å². The fourth-order valence-corrected chi connectivity index (χ4v) is 2.95. The molecule has 25 heavy (non-hydrogen) atoms. The summed E-state index contributed by atoms with van der Waals surface area (Å²) in [7, 11) is -4.08. The van der Waals surface area contributed by atoms with E-state index in [2.05, 4.69) is 4.72 Å². The second-order valence-corrected chi connectivity index (χ2v) is 6.61. The second kappa shape index (κ2) is 6.98. The lowest BCUT2D eigenvalue weighted by Crippen LogP contribution is -2.14. The van der Waals surface area contributed by atoms with E-state index < -0.39 is 27.7 Å². The molecule has 0 aliphatic carbocycles. The van der Waals surface area contributed by atoms with Gasteiger partial charge in [0.05, 0.1) is 10.5 Å². The molecule has 9 heteroatoms. The molecule has 0 unspecified atom stereocenters. The van der Waals surface area contributed by atoms with Crippen molar-refractivity contribution in [1.82, 2.24) is 0 Å². The minimum Gasteiger partial charge on any atom is -0.478 e. The Morgan fingerprint density at radius 3 is 2.28 bits per heavy atom. The van der Waals surface area contributed by atoms with Gasteiger partial charge in [0.1, 0.15) is 0 Å². The van der Waals surface area contributed by atoms with Gasteiger partial charge in [-0.05, 0) is 42.0 Å². The normalized spacial score (nSPS) is 12.3. The number of carbonyl (C=O) groups is 1. The molecule has 0 saturated heterocycles. The first-order valence-electron chi connectivity index (χ1n) is 6.79. The van der Waals surface area contributed by atoms with Gasteiger partial charge in [0.2, 0.25) is 0 Å². The van der Waals surface area contributed by atoms with Gasteiger partial charge in [-0.15, -0.1) is 0 Å². The van der Waals surface area contributed by atoms with E-state index in [1.54, 1.807) is 0 Å². The molecule has 0 aromatic heterocycles. The molecular weight excluding hydrogens is 359 g/mol. The van der Waals surface area contributed by atoms with Gasteiger partial charge in [0.15, 0.2) is 0 Å². The Kier molecular flexibility index (Phi) is 5.17. The number of hydrogen-bond acceptors (Lipinski definition) is 3.